The number of aromatic nitrogens is 1. The normalized spacial score (nSPS) is 19.6. The van der Waals surface area contributed by atoms with Gasteiger partial charge in [-0.3, -0.25) is 9.78 Å². The fraction of sp³-hybridized carbons (Fsp3) is 0.231. The van der Waals surface area contributed by atoms with Crippen molar-refractivity contribution in [2.45, 2.75) is 12.3 Å². The molecule has 0 saturated carbocycles. The van der Waals surface area contributed by atoms with Crippen molar-refractivity contribution in [3.05, 3.63) is 41.0 Å². The number of amides is 1. The summed E-state index contributed by atoms with van der Waals surface area (Å²) in [6.07, 6.45) is 2.29. The van der Waals surface area contributed by atoms with E-state index >= 15 is 0 Å². The van der Waals surface area contributed by atoms with E-state index in [9.17, 15) is 4.79 Å². The van der Waals surface area contributed by atoms with Crippen molar-refractivity contribution in [2.24, 2.45) is 0 Å². The predicted molar refractivity (Wildman–Crippen MR) is 67.1 cm³/mol. The summed E-state index contributed by atoms with van der Waals surface area (Å²) < 4.78 is 0. The van der Waals surface area contributed by atoms with Crippen LogP contribution in [-0.2, 0) is 4.79 Å². The maximum absolute atomic E-state index is 11.3. The molecule has 0 bridgehead atoms. The summed E-state index contributed by atoms with van der Waals surface area (Å²) in [5.41, 5.74) is 2.00. The first kappa shape index (κ1) is 10.5. The van der Waals surface area contributed by atoms with Crippen LogP contribution >= 0.6 is 11.6 Å². The minimum absolute atomic E-state index is 0.106. The lowest BCUT2D eigenvalue weighted by Crippen LogP contribution is -2.13. The summed E-state index contributed by atoms with van der Waals surface area (Å²) in [6, 6.07) is 7.68. The number of halogens is 1. The molecule has 1 amide bonds. The monoisotopic (exact) mass is 246 g/mol. The van der Waals surface area contributed by atoms with Gasteiger partial charge in [0.05, 0.1) is 5.52 Å². The third-order valence-electron chi connectivity index (χ3n) is 3.16. The molecular formula is C13H11ClN2O. The maximum atomic E-state index is 11.3. The van der Waals surface area contributed by atoms with E-state index in [0.717, 1.165) is 16.5 Å². The van der Waals surface area contributed by atoms with Crippen molar-refractivity contribution in [1.29, 1.82) is 0 Å². The quantitative estimate of drug-likeness (QED) is 0.840. The van der Waals surface area contributed by atoms with E-state index in [4.69, 9.17) is 11.6 Å². The molecule has 4 heteroatoms. The Hall–Kier alpha value is -1.61. The topological polar surface area (TPSA) is 42.0 Å². The summed E-state index contributed by atoms with van der Waals surface area (Å²) in [5.74, 6) is 0.311. The first-order valence-corrected chi connectivity index (χ1v) is 5.93. The van der Waals surface area contributed by atoms with Gasteiger partial charge in [0.15, 0.2) is 0 Å². The van der Waals surface area contributed by atoms with Crippen molar-refractivity contribution >= 4 is 28.4 Å². The Bertz CT molecular complexity index is 597. The van der Waals surface area contributed by atoms with Crippen LogP contribution in [0.5, 0.6) is 0 Å². The predicted octanol–water partition coefficient (Wildman–Crippen LogP) is 2.49. The van der Waals surface area contributed by atoms with Crippen LogP contribution in [0.15, 0.2) is 30.5 Å². The Balaban J connectivity index is 2.17. The Morgan fingerprint density at radius 3 is 3.00 bits per heavy atom. The Morgan fingerprint density at radius 1 is 1.35 bits per heavy atom. The highest BCUT2D eigenvalue weighted by Gasteiger charge is 2.25. The Labute approximate surface area is 104 Å². The van der Waals surface area contributed by atoms with Gasteiger partial charge in [-0.05, 0) is 23.8 Å². The molecule has 1 aliphatic heterocycles. The van der Waals surface area contributed by atoms with Crippen LogP contribution < -0.4 is 5.32 Å². The van der Waals surface area contributed by atoms with Crippen LogP contribution in [0.4, 0.5) is 0 Å². The third-order valence-corrected chi connectivity index (χ3v) is 3.49. The number of nitrogens with zero attached hydrogens (tertiary/aromatic N) is 1. The molecule has 17 heavy (non-hydrogen) atoms. The van der Waals surface area contributed by atoms with Crippen LogP contribution in [-0.4, -0.2) is 17.4 Å². The van der Waals surface area contributed by atoms with Gasteiger partial charge in [-0.1, -0.05) is 17.7 Å². The minimum Gasteiger partial charge on any atom is -0.355 e. The molecule has 1 atom stereocenters. The summed E-state index contributed by atoms with van der Waals surface area (Å²) >= 11 is 6.14. The average Bonchev–Trinajstić information content (AvgIpc) is 2.77. The van der Waals surface area contributed by atoms with Crippen molar-refractivity contribution in [3.8, 4) is 0 Å². The fourth-order valence-corrected chi connectivity index (χ4v) is 2.53. The fourth-order valence-electron chi connectivity index (χ4n) is 2.31. The molecule has 1 unspecified atom stereocenters. The minimum atomic E-state index is 0.106. The van der Waals surface area contributed by atoms with Gasteiger partial charge in [0, 0.05) is 35.5 Å². The van der Waals surface area contributed by atoms with Gasteiger partial charge < -0.3 is 5.32 Å². The second kappa shape index (κ2) is 4.00. The van der Waals surface area contributed by atoms with Crippen LogP contribution in [0.1, 0.15) is 17.9 Å². The molecule has 2 aromatic rings. The number of carbonyl (C=O) groups excluding carboxylic acids is 1. The SMILES string of the molecule is O=C1CC(c2ccc(Cl)c3cccnc23)CN1. The summed E-state index contributed by atoms with van der Waals surface area (Å²) in [7, 11) is 0. The van der Waals surface area contributed by atoms with Gasteiger partial charge in [0.25, 0.3) is 0 Å². The number of fused-ring (bicyclic) bond motifs is 1. The highest BCUT2D eigenvalue weighted by atomic mass is 35.5. The number of benzene rings is 1. The molecule has 1 saturated heterocycles. The van der Waals surface area contributed by atoms with E-state index in [1.54, 1.807) is 6.20 Å². The molecule has 1 N–H and O–H groups in total. The molecule has 3 nitrogen and oxygen atoms in total. The number of nitrogens with one attached hydrogen (secondary N) is 1. The zero-order chi connectivity index (χ0) is 11.8. The van der Waals surface area contributed by atoms with E-state index < -0.39 is 0 Å². The highest BCUT2D eigenvalue weighted by molar-refractivity contribution is 6.35. The lowest BCUT2D eigenvalue weighted by atomic mass is 9.95. The maximum Gasteiger partial charge on any atom is 0.220 e. The van der Waals surface area contributed by atoms with E-state index in [2.05, 4.69) is 10.3 Å². The lowest BCUT2D eigenvalue weighted by molar-refractivity contribution is -0.119. The third kappa shape index (κ3) is 1.76. The molecule has 2 heterocycles. The van der Waals surface area contributed by atoms with Crippen molar-refractivity contribution in [3.63, 3.8) is 0 Å². The van der Waals surface area contributed by atoms with Gasteiger partial charge >= 0.3 is 0 Å². The zero-order valence-electron chi connectivity index (χ0n) is 9.11. The summed E-state index contributed by atoms with van der Waals surface area (Å²) in [5, 5.41) is 4.50. The van der Waals surface area contributed by atoms with E-state index in [0.29, 0.717) is 18.0 Å². The second-order valence-corrected chi connectivity index (χ2v) is 4.65. The van der Waals surface area contributed by atoms with Crippen molar-refractivity contribution < 1.29 is 4.79 Å². The van der Waals surface area contributed by atoms with Crippen LogP contribution in [0.3, 0.4) is 0 Å². The molecule has 0 aliphatic carbocycles. The smallest absolute Gasteiger partial charge is 0.220 e. The first-order valence-electron chi connectivity index (χ1n) is 5.55. The van der Waals surface area contributed by atoms with Crippen LogP contribution in [0.25, 0.3) is 10.9 Å². The second-order valence-electron chi connectivity index (χ2n) is 4.24. The van der Waals surface area contributed by atoms with Crippen molar-refractivity contribution in [2.75, 3.05) is 6.54 Å². The van der Waals surface area contributed by atoms with Gasteiger partial charge in [-0.25, -0.2) is 0 Å². The van der Waals surface area contributed by atoms with E-state index in [1.807, 2.05) is 24.3 Å². The molecule has 1 aromatic carbocycles. The van der Waals surface area contributed by atoms with Crippen molar-refractivity contribution in [1.82, 2.24) is 10.3 Å². The molecule has 1 aromatic heterocycles. The Kier molecular flexibility index (Phi) is 2.48. The van der Waals surface area contributed by atoms with Crippen LogP contribution in [0, 0.1) is 0 Å². The summed E-state index contributed by atoms with van der Waals surface area (Å²) in [4.78, 5) is 15.7. The Morgan fingerprint density at radius 2 is 2.24 bits per heavy atom. The number of hydrogen-bond donors (Lipinski definition) is 1. The molecular weight excluding hydrogens is 236 g/mol. The zero-order valence-corrected chi connectivity index (χ0v) is 9.87. The van der Waals surface area contributed by atoms with Gasteiger partial charge in [0.1, 0.15) is 0 Å². The molecule has 0 radical (unpaired) electrons. The standard InChI is InChI=1S/C13H11ClN2O/c14-11-4-3-9(8-6-12(17)16-7-8)13-10(11)2-1-5-15-13/h1-5,8H,6-7H2,(H,16,17). The average molecular weight is 247 g/mol. The molecule has 3 rings (SSSR count). The largest absolute Gasteiger partial charge is 0.355 e. The molecule has 0 spiro atoms. The van der Waals surface area contributed by atoms with E-state index in [-0.39, 0.29) is 11.8 Å². The lowest BCUT2D eigenvalue weighted by Gasteiger charge is -2.11. The number of rotatable bonds is 1. The van der Waals surface area contributed by atoms with E-state index in [1.165, 1.54) is 0 Å². The van der Waals surface area contributed by atoms with Gasteiger partial charge in [0.2, 0.25) is 5.91 Å². The van der Waals surface area contributed by atoms with Gasteiger partial charge in [-0.15, -0.1) is 0 Å². The molecule has 1 aliphatic rings. The van der Waals surface area contributed by atoms with Crippen LogP contribution in [0.2, 0.25) is 5.02 Å². The highest BCUT2D eigenvalue weighted by Crippen LogP contribution is 2.32. The molecule has 86 valence electrons. The first-order chi connectivity index (χ1) is 8.25. The molecule has 1 fully saturated rings. The number of pyridine rings is 1. The summed E-state index contributed by atoms with van der Waals surface area (Å²) in [6.45, 7) is 0.687. The van der Waals surface area contributed by atoms with Gasteiger partial charge in [-0.2, -0.15) is 0 Å². The number of carbonyl (C=O) groups is 1. The number of hydrogen-bond acceptors (Lipinski definition) is 2.